The number of hydrogen-bond acceptors (Lipinski definition) is 3. The number of nitrogens with zero attached hydrogens (tertiary/aromatic N) is 3. The Labute approximate surface area is 206 Å². The van der Waals surface area contributed by atoms with E-state index in [4.69, 9.17) is 4.74 Å². The van der Waals surface area contributed by atoms with E-state index in [0.29, 0.717) is 5.92 Å². The first-order chi connectivity index (χ1) is 17.3. The van der Waals surface area contributed by atoms with Crippen molar-refractivity contribution in [3.05, 3.63) is 84.0 Å². The zero-order valence-electron chi connectivity index (χ0n) is 20.0. The van der Waals surface area contributed by atoms with E-state index in [9.17, 15) is 5.26 Å². The van der Waals surface area contributed by atoms with Gasteiger partial charge in [0.1, 0.15) is 17.9 Å². The second kappa shape index (κ2) is 8.00. The van der Waals surface area contributed by atoms with Crippen LogP contribution in [0.15, 0.2) is 78.4 Å². The number of ether oxygens (including phenoxy) is 1. The molecule has 1 aromatic heterocycles. The molecule has 0 saturated heterocycles. The van der Waals surface area contributed by atoms with Gasteiger partial charge in [-0.1, -0.05) is 54.7 Å². The molecular formula is C31H29N3O. The van der Waals surface area contributed by atoms with E-state index in [1.807, 2.05) is 6.08 Å². The number of para-hydroxylation sites is 1. The smallest absolute Gasteiger partial charge is 0.124 e. The van der Waals surface area contributed by atoms with E-state index in [2.05, 4.69) is 89.4 Å². The molecule has 4 unspecified atom stereocenters. The molecule has 35 heavy (non-hydrogen) atoms. The van der Waals surface area contributed by atoms with Crippen LogP contribution in [0.2, 0.25) is 0 Å². The van der Waals surface area contributed by atoms with Gasteiger partial charge in [0.05, 0.1) is 17.1 Å². The molecule has 0 amide bonds. The van der Waals surface area contributed by atoms with Gasteiger partial charge in [-0.15, -0.1) is 0 Å². The molecule has 174 valence electrons. The molecule has 2 aliphatic carbocycles. The molecule has 4 aliphatic rings. The summed E-state index contributed by atoms with van der Waals surface area (Å²) in [4.78, 5) is 2.22. The van der Waals surface area contributed by atoms with Crippen molar-refractivity contribution in [1.82, 2.24) is 9.47 Å². The summed E-state index contributed by atoms with van der Waals surface area (Å²) in [5.41, 5.74) is 6.57. The maximum atomic E-state index is 9.69. The van der Waals surface area contributed by atoms with Crippen molar-refractivity contribution in [3.63, 3.8) is 0 Å². The average molecular weight is 460 g/mol. The molecule has 3 heterocycles. The summed E-state index contributed by atoms with van der Waals surface area (Å²) < 4.78 is 8.96. The minimum absolute atomic E-state index is 0.189. The minimum Gasteiger partial charge on any atom is -0.489 e. The van der Waals surface area contributed by atoms with E-state index in [1.54, 1.807) is 0 Å². The Bertz CT molecular complexity index is 1510. The predicted octanol–water partition coefficient (Wildman–Crippen LogP) is 6.70. The number of fused-ring (bicyclic) bond motifs is 7. The van der Waals surface area contributed by atoms with Crippen LogP contribution in [0.1, 0.15) is 43.6 Å². The van der Waals surface area contributed by atoms with Gasteiger partial charge in [-0.25, -0.2) is 0 Å². The van der Waals surface area contributed by atoms with E-state index in [-0.39, 0.29) is 18.2 Å². The van der Waals surface area contributed by atoms with Crippen molar-refractivity contribution in [2.45, 2.75) is 56.2 Å². The van der Waals surface area contributed by atoms with Crippen LogP contribution >= 0.6 is 0 Å². The van der Waals surface area contributed by atoms with Gasteiger partial charge in [0.25, 0.3) is 0 Å². The van der Waals surface area contributed by atoms with Gasteiger partial charge >= 0.3 is 0 Å². The van der Waals surface area contributed by atoms with Gasteiger partial charge in [0.2, 0.25) is 0 Å². The third-order valence-corrected chi connectivity index (χ3v) is 8.36. The third kappa shape index (κ3) is 3.01. The lowest BCUT2D eigenvalue weighted by molar-refractivity contribution is 0.204. The first-order valence-corrected chi connectivity index (χ1v) is 12.8. The van der Waals surface area contributed by atoms with Crippen LogP contribution in [0.4, 0.5) is 0 Å². The first-order valence-electron chi connectivity index (χ1n) is 12.8. The summed E-state index contributed by atoms with van der Waals surface area (Å²) in [7, 11) is 2.08. The van der Waals surface area contributed by atoms with Crippen molar-refractivity contribution in [2.24, 2.45) is 0 Å². The molecule has 2 aromatic carbocycles. The number of likely N-dealkylation sites (N-methyl/N-ethyl adjacent to an activating group) is 1. The molecule has 7 rings (SSSR count). The second-order valence-corrected chi connectivity index (χ2v) is 10.2. The normalized spacial score (nSPS) is 27.8. The summed E-state index contributed by atoms with van der Waals surface area (Å²) >= 11 is 0. The molecule has 0 fully saturated rings. The standard InChI is InChI=1S/C31H29N3O/c1-33-20(19-32)9-8-15-24(33)21-10-2-5-13-25(21)34-26-14-6-3-11-22(26)30-27(34)17-18-29-31(30)23-12-4-7-16-28(23)35-29/h2-4,6,8-12,14,17-18,20,23-24,28H,5,7,13,15-16H2,1H3. The van der Waals surface area contributed by atoms with Crippen LogP contribution in [0, 0.1) is 11.3 Å². The molecule has 0 saturated carbocycles. The van der Waals surface area contributed by atoms with E-state index >= 15 is 0 Å². The molecule has 3 aromatic rings. The maximum absolute atomic E-state index is 9.69. The topological polar surface area (TPSA) is 41.2 Å². The molecule has 0 bridgehead atoms. The van der Waals surface area contributed by atoms with Gasteiger partial charge in [0, 0.05) is 34.0 Å². The number of nitriles is 1. The number of rotatable bonds is 2. The quantitative estimate of drug-likeness (QED) is 0.400. The van der Waals surface area contributed by atoms with Gasteiger partial charge in [-0.05, 0) is 62.9 Å². The first kappa shape index (κ1) is 20.8. The lowest BCUT2D eigenvalue weighted by Crippen LogP contribution is -2.42. The molecular weight excluding hydrogens is 430 g/mol. The summed E-state index contributed by atoms with van der Waals surface area (Å²) in [5, 5.41) is 12.3. The Morgan fingerprint density at radius 1 is 1.00 bits per heavy atom. The van der Waals surface area contributed by atoms with Gasteiger partial charge in [-0.3, -0.25) is 4.90 Å². The molecule has 0 N–H and O–H groups in total. The average Bonchev–Trinajstić information content (AvgIpc) is 3.44. The number of allylic oxidation sites excluding steroid dienone is 3. The Morgan fingerprint density at radius 3 is 2.83 bits per heavy atom. The molecule has 4 atom stereocenters. The minimum atomic E-state index is -0.189. The fourth-order valence-electron chi connectivity index (χ4n) is 6.70. The maximum Gasteiger partial charge on any atom is 0.124 e. The lowest BCUT2D eigenvalue weighted by atomic mass is 9.86. The van der Waals surface area contributed by atoms with Crippen LogP contribution in [0.3, 0.4) is 0 Å². The fraction of sp³-hybridized carbons (Fsp3) is 0.323. The zero-order valence-corrected chi connectivity index (χ0v) is 20.0. The van der Waals surface area contributed by atoms with Crippen LogP contribution in [0.5, 0.6) is 5.75 Å². The van der Waals surface area contributed by atoms with Crippen molar-refractivity contribution >= 4 is 27.5 Å². The lowest BCUT2D eigenvalue weighted by Gasteiger charge is -2.36. The van der Waals surface area contributed by atoms with Gasteiger partial charge in [-0.2, -0.15) is 5.26 Å². The largest absolute Gasteiger partial charge is 0.489 e. The number of benzene rings is 2. The molecule has 0 spiro atoms. The second-order valence-electron chi connectivity index (χ2n) is 10.2. The monoisotopic (exact) mass is 459 g/mol. The van der Waals surface area contributed by atoms with Crippen molar-refractivity contribution in [1.29, 1.82) is 5.26 Å². The predicted molar refractivity (Wildman–Crippen MR) is 141 cm³/mol. The summed E-state index contributed by atoms with van der Waals surface area (Å²) in [6.45, 7) is 0. The molecule has 4 nitrogen and oxygen atoms in total. The molecule has 0 radical (unpaired) electrons. The fourth-order valence-corrected chi connectivity index (χ4v) is 6.70. The summed E-state index contributed by atoms with van der Waals surface area (Å²) in [6, 6.07) is 15.8. The highest BCUT2D eigenvalue weighted by atomic mass is 16.5. The van der Waals surface area contributed by atoms with Crippen LogP contribution in [-0.4, -0.2) is 34.7 Å². The highest BCUT2D eigenvalue weighted by Gasteiger charge is 2.37. The summed E-state index contributed by atoms with van der Waals surface area (Å²) in [6.07, 6.45) is 18.9. The van der Waals surface area contributed by atoms with E-state index in [0.717, 1.165) is 37.9 Å². The van der Waals surface area contributed by atoms with Gasteiger partial charge < -0.3 is 9.30 Å². The van der Waals surface area contributed by atoms with Crippen LogP contribution < -0.4 is 4.74 Å². The molecule has 4 heteroatoms. The molecule has 2 aliphatic heterocycles. The zero-order chi connectivity index (χ0) is 23.5. The number of hydrogen-bond donors (Lipinski definition) is 0. The van der Waals surface area contributed by atoms with Crippen molar-refractivity contribution < 1.29 is 4.74 Å². The Kier molecular flexibility index (Phi) is 4.75. The van der Waals surface area contributed by atoms with Crippen LogP contribution in [-0.2, 0) is 0 Å². The highest BCUT2D eigenvalue weighted by Crippen LogP contribution is 2.50. The summed E-state index contributed by atoms with van der Waals surface area (Å²) in [5.74, 6) is 1.38. The Hall–Kier alpha value is -3.55. The van der Waals surface area contributed by atoms with E-state index in [1.165, 1.54) is 38.6 Å². The SMILES string of the molecule is CN1C(C#N)C=CCC1C1=C(n2c3ccccc3c3c4c(ccc32)OC2CCC=CC42)CCC=C1. The van der Waals surface area contributed by atoms with Crippen molar-refractivity contribution in [3.8, 4) is 11.8 Å². The number of aromatic nitrogens is 1. The van der Waals surface area contributed by atoms with Gasteiger partial charge in [0.15, 0.2) is 0 Å². The highest BCUT2D eigenvalue weighted by molar-refractivity contribution is 6.13. The Balaban J connectivity index is 1.51. The van der Waals surface area contributed by atoms with Crippen molar-refractivity contribution in [2.75, 3.05) is 7.05 Å². The Morgan fingerprint density at radius 2 is 1.91 bits per heavy atom. The van der Waals surface area contributed by atoms with E-state index < -0.39 is 0 Å². The third-order valence-electron chi connectivity index (χ3n) is 8.36. The van der Waals surface area contributed by atoms with Crippen LogP contribution in [0.25, 0.3) is 27.5 Å².